The molecule has 31 heavy (non-hydrogen) atoms. The Morgan fingerprint density at radius 1 is 1.03 bits per heavy atom. The molecule has 0 aliphatic carbocycles. The van der Waals surface area contributed by atoms with E-state index in [9.17, 15) is 19.6 Å². The Kier molecular flexibility index (Phi) is 6.72. The van der Waals surface area contributed by atoms with Crippen LogP contribution < -0.4 is 10.8 Å². The Morgan fingerprint density at radius 3 is 2.35 bits per heavy atom. The van der Waals surface area contributed by atoms with Crippen molar-refractivity contribution in [2.45, 2.75) is 43.7 Å². The molecule has 3 aliphatic rings. The van der Waals surface area contributed by atoms with Gasteiger partial charge in [0.1, 0.15) is 6.10 Å². The van der Waals surface area contributed by atoms with Crippen molar-refractivity contribution >= 4 is 17.9 Å². The van der Waals surface area contributed by atoms with E-state index in [4.69, 9.17) is 4.74 Å². The van der Waals surface area contributed by atoms with E-state index in [0.29, 0.717) is 38.6 Å². The zero-order valence-electron chi connectivity index (χ0n) is 17.5. The summed E-state index contributed by atoms with van der Waals surface area (Å²) < 4.78 is 5.49. The Labute approximate surface area is 181 Å². The minimum Gasteiger partial charge on any atom is -0.445 e. The fourth-order valence-corrected chi connectivity index (χ4v) is 4.66. The second kappa shape index (κ2) is 9.65. The number of rotatable bonds is 4. The molecule has 0 saturated carbocycles. The van der Waals surface area contributed by atoms with Gasteiger partial charge in [-0.1, -0.05) is 30.3 Å². The summed E-state index contributed by atoms with van der Waals surface area (Å²) in [5.74, 6) is -1.18. The first-order chi connectivity index (χ1) is 15.1. The van der Waals surface area contributed by atoms with Gasteiger partial charge in [-0.25, -0.2) is 10.3 Å². The molecule has 3 unspecified atom stereocenters. The smallest absolute Gasteiger partial charge is 0.410 e. The van der Waals surface area contributed by atoms with Gasteiger partial charge in [-0.3, -0.25) is 14.8 Å². The Bertz CT molecular complexity index is 792. The van der Waals surface area contributed by atoms with E-state index in [1.54, 1.807) is 15.3 Å². The van der Waals surface area contributed by atoms with E-state index < -0.39 is 30.1 Å². The number of nitrogens with zero attached hydrogens (tertiary/aromatic N) is 2. The summed E-state index contributed by atoms with van der Waals surface area (Å²) in [6, 6.07) is 9.54. The third-order valence-electron chi connectivity index (χ3n) is 6.66. The molecule has 1 aromatic carbocycles. The van der Waals surface area contributed by atoms with Gasteiger partial charge in [0.2, 0.25) is 11.8 Å². The minimum absolute atomic E-state index is 0.146. The fourth-order valence-electron chi connectivity index (χ4n) is 4.66. The van der Waals surface area contributed by atoms with Crippen LogP contribution in [0.5, 0.6) is 0 Å². The van der Waals surface area contributed by atoms with Gasteiger partial charge in [-0.05, 0) is 37.2 Å². The van der Waals surface area contributed by atoms with Crippen LogP contribution in [0.15, 0.2) is 30.3 Å². The summed E-state index contributed by atoms with van der Waals surface area (Å²) >= 11 is 0. The molecule has 3 saturated heterocycles. The molecule has 0 spiro atoms. The van der Waals surface area contributed by atoms with Crippen molar-refractivity contribution in [2.24, 2.45) is 5.92 Å². The topological polar surface area (TPSA) is 111 Å². The minimum atomic E-state index is -0.813. The molecule has 0 aromatic heterocycles. The van der Waals surface area contributed by atoms with Crippen LogP contribution in [0, 0.1) is 5.92 Å². The van der Waals surface area contributed by atoms with Gasteiger partial charge in [0, 0.05) is 32.7 Å². The van der Waals surface area contributed by atoms with Gasteiger partial charge in [0.05, 0.1) is 12.0 Å². The van der Waals surface area contributed by atoms with E-state index >= 15 is 0 Å². The van der Waals surface area contributed by atoms with Gasteiger partial charge in [-0.15, -0.1) is 0 Å². The predicted octanol–water partition coefficient (Wildman–Crippen LogP) is 1.09. The van der Waals surface area contributed by atoms with Crippen LogP contribution in [-0.4, -0.2) is 77.8 Å². The molecule has 4 rings (SSSR count). The largest absolute Gasteiger partial charge is 0.445 e. The highest BCUT2D eigenvalue weighted by molar-refractivity contribution is 5.90. The normalized spacial score (nSPS) is 26.7. The molecular formula is C22H30N4O5. The Balaban J connectivity index is 1.35. The van der Waals surface area contributed by atoms with Crippen molar-refractivity contribution in [3.05, 3.63) is 35.9 Å². The summed E-state index contributed by atoms with van der Waals surface area (Å²) in [5, 5.41) is 12.3. The van der Waals surface area contributed by atoms with Crippen molar-refractivity contribution < 1.29 is 24.3 Å². The van der Waals surface area contributed by atoms with Gasteiger partial charge in [0.25, 0.3) is 0 Å². The Morgan fingerprint density at radius 2 is 1.74 bits per heavy atom. The number of nitrogens with one attached hydrogen (secondary N) is 2. The summed E-state index contributed by atoms with van der Waals surface area (Å²) in [6.45, 7) is 2.90. The van der Waals surface area contributed by atoms with Crippen LogP contribution in [0.4, 0.5) is 4.79 Å². The van der Waals surface area contributed by atoms with Crippen molar-refractivity contribution in [1.29, 1.82) is 0 Å². The summed E-state index contributed by atoms with van der Waals surface area (Å²) in [7, 11) is 0. The molecule has 168 valence electrons. The van der Waals surface area contributed by atoms with Crippen LogP contribution in [0.3, 0.4) is 0 Å². The predicted molar refractivity (Wildman–Crippen MR) is 111 cm³/mol. The second-order valence-corrected chi connectivity index (χ2v) is 8.56. The number of hydrogen-bond donors (Lipinski definition) is 3. The van der Waals surface area contributed by atoms with Crippen LogP contribution in [-0.2, 0) is 14.3 Å². The molecular weight excluding hydrogens is 400 g/mol. The van der Waals surface area contributed by atoms with Gasteiger partial charge in [-0.2, -0.15) is 0 Å². The number of benzene rings is 1. The zero-order valence-corrected chi connectivity index (χ0v) is 17.5. The lowest BCUT2D eigenvalue weighted by atomic mass is 9.86. The highest BCUT2D eigenvalue weighted by Crippen LogP contribution is 2.29. The summed E-state index contributed by atoms with van der Waals surface area (Å²) in [5.41, 5.74) is 2.96. The van der Waals surface area contributed by atoms with E-state index in [-0.39, 0.29) is 12.3 Å². The number of hydrogen-bond acceptors (Lipinski definition) is 6. The average molecular weight is 431 g/mol. The van der Waals surface area contributed by atoms with Gasteiger partial charge < -0.3 is 19.9 Å². The lowest BCUT2D eigenvalue weighted by Gasteiger charge is -2.40. The quantitative estimate of drug-likeness (QED) is 0.487. The zero-order chi connectivity index (χ0) is 21.8. The van der Waals surface area contributed by atoms with Crippen LogP contribution in [0.2, 0.25) is 0 Å². The first kappa shape index (κ1) is 21.6. The van der Waals surface area contributed by atoms with Crippen LogP contribution in [0.25, 0.3) is 0 Å². The molecule has 9 heteroatoms. The molecule has 3 amide bonds. The van der Waals surface area contributed by atoms with E-state index in [0.717, 1.165) is 19.3 Å². The van der Waals surface area contributed by atoms with E-state index in [1.165, 1.54) is 5.56 Å². The third kappa shape index (κ3) is 4.83. The maximum absolute atomic E-state index is 13.2. The number of likely N-dealkylation sites (tertiary alicyclic amines) is 2. The monoisotopic (exact) mass is 430 g/mol. The van der Waals surface area contributed by atoms with Crippen molar-refractivity contribution in [3.63, 3.8) is 0 Å². The highest BCUT2D eigenvalue weighted by atomic mass is 16.6. The second-order valence-electron chi connectivity index (χ2n) is 8.56. The Hall–Kier alpha value is -2.65. The molecule has 3 atom stereocenters. The lowest BCUT2D eigenvalue weighted by Crippen LogP contribution is -2.61. The number of carbonyl (C=O) groups excluding carboxylic acids is 3. The maximum atomic E-state index is 13.2. The van der Waals surface area contributed by atoms with E-state index in [2.05, 4.69) is 17.4 Å². The maximum Gasteiger partial charge on any atom is 0.410 e. The number of hydroxylamine groups is 1. The molecule has 3 heterocycles. The number of carbonyl (C=O) groups is 3. The highest BCUT2D eigenvalue weighted by Gasteiger charge is 2.43. The molecule has 3 fully saturated rings. The third-order valence-corrected chi connectivity index (χ3v) is 6.66. The first-order valence-corrected chi connectivity index (χ1v) is 11.0. The van der Waals surface area contributed by atoms with Crippen molar-refractivity contribution in [1.82, 2.24) is 20.6 Å². The van der Waals surface area contributed by atoms with Gasteiger partial charge in [0.15, 0.2) is 0 Å². The van der Waals surface area contributed by atoms with Crippen LogP contribution >= 0.6 is 0 Å². The number of piperidine rings is 2. The number of ether oxygens (including phenoxy) is 1. The lowest BCUT2D eigenvalue weighted by molar-refractivity contribution is -0.146. The van der Waals surface area contributed by atoms with Gasteiger partial charge >= 0.3 is 6.09 Å². The molecule has 9 nitrogen and oxygen atoms in total. The molecule has 3 aliphatic heterocycles. The molecule has 3 N–H and O–H groups in total. The van der Waals surface area contributed by atoms with Crippen molar-refractivity contribution in [3.8, 4) is 0 Å². The van der Waals surface area contributed by atoms with Crippen molar-refractivity contribution in [2.75, 3.05) is 32.7 Å². The average Bonchev–Trinajstić information content (AvgIpc) is 2.77. The fraction of sp³-hybridized carbons (Fsp3) is 0.591. The summed E-state index contributed by atoms with van der Waals surface area (Å²) in [4.78, 5) is 41.0. The standard InChI is InChI=1S/C22H30N4O5/c27-20(24-30)18-13-17(31-22(29)26-9-4-10-26)14-23-19(18)21(28)25-11-7-16(8-12-25)15-5-2-1-3-6-15/h1-3,5-6,16-19,23,30H,4,7-14H2,(H,24,27). The molecule has 1 aromatic rings. The first-order valence-electron chi connectivity index (χ1n) is 11.0. The van der Waals surface area contributed by atoms with Crippen LogP contribution in [0.1, 0.15) is 37.2 Å². The molecule has 0 radical (unpaired) electrons. The summed E-state index contributed by atoms with van der Waals surface area (Å²) in [6.07, 6.45) is 1.98. The SMILES string of the molecule is O=C(NO)C1CC(OC(=O)N2CCC2)CNC1C(=O)N1CCC(c2ccccc2)CC1. The van der Waals surface area contributed by atoms with E-state index in [1.807, 2.05) is 18.2 Å². The molecule has 0 bridgehead atoms. The number of amides is 3.